The van der Waals surface area contributed by atoms with Gasteiger partial charge in [0.25, 0.3) is 5.91 Å². The zero-order valence-electron chi connectivity index (χ0n) is 12.0. The van der Waals surface area contributed by atoms with Gasteiger partial charge in [0.1, 0.15) is 5.54 Å². The lowest BCUT2D eigenvalue weighted by molar-refractivity contribution is -0.143. The molecule has 8 heteroatoms. The smallest absolute Gasteiger partial charge is 0.330 e. The Morgan fingerprint density at radius 3 is 2.91 bits per heavy atom. The molecule has 1 amide bonds. The number of carboxylic acid groups (broad SMARTS) is 1. The lowest BCUT2D eigenvalue weighted by Crippen LogP contribution is -2.54. The number of amides is 1. The summed E-state index contributed by atoms with van der Waals surface area (Å²) in [5.74, 6) is -0.355. The van der Waals surface area contributed by atoms with E-state index in [1.165, 1.54) is 22.6 Å². The Bertz CT molecular complexity index is 756. The third-order valence-electron chi connectivity index (χ3n) is 3.70. The number of carbonyl (C=O) groups excluding carboxylic acids is 1. The van der Waals surface area contributed by atoms with Crippen molar-refractivity contribution in [2.75, 3.05) is 11.5 Å². The molecule has 0 saturated carbocycles. The van der Waals surface area contributed by atoms with Gasteiger partial charge in [-0.3, -0.25) is 4.79 Å². The SMILES string of the molecule is O=C(NC1(C(=O)O)CCSC1)c1cnn(-c2cccc(Cl)c2)c1. The molecule has 1 atom stereocenters. The second-order valence-electron chi connectivity index (χ2n) is 5.30. The van der Waals surface area contributed by atoms with Crippen LogP contribution in [0.5, 0.6) is 0 Å². The normalized spacial score (nSPS) is 20.4. The summed E-state index contributed by atoms with van der Waals surface area (Å²) in [6.07, 6.45) is 3.38. The maximum atomic E-state index is 12.4. The predicted octanol–water partition coefficient (Wildman–Crippen LogP) is 2.22. The second kappa shape index (κ2) is 6.25. The summed E-state index contributed by atoms with van der Waals surface area (Å²) in [4.78, 5) is 23.8. The van der Waals surface area contributed by atoms with Gasteiger partial charge in [0.05, 0.1) is 17.4 Å². The molecule has 1 aliphatic rings. The van der Waals surface area contributed by atoms with Crippen LogP contribution in [-0.4, -0.2) is 43.8 Å². The lowest BCUT2D eigenvalue weighted by Gasteiger charge is -2.24. The molecule has 120 valence electrons. The number of aromatic nitrogens is 2. The molecule has 0 aliphatic carbocycles. The Hall–Kier alpha value is -1.99. The molecule has 0 bridgehead atoms. The Morgan fingerprint density at radius 1 is 1.43 bits per heavy atom. The molecule has 1 aliphatic heterocycles. The second-order valence-corrected chi connectivity index (χ2v) is 6.84. The first-order valence-corrected chi connectivity index (χ1v) is 8.48. The summed E-state index contributed by atoms with van der Waals surface area (Å²) >= 11 is 7.46. The van der Waals surface area contributed by atoms with Crippen LogP contribution in [0.4, 0.5) is 0 Å². The number of rotatable bonds is 4. The van der Waals surface area contributed by atoms with Crippen molar-refractivity contribution in [2.45, 2.75) is 12.0 Å². The minimum absolute atomic E-state index is 0.308. The molecule has 1 aromatic carbocycles. The van der Waals surface area contributed by atoms with Gasteiger partial charge >= 0.3 is 5.97 Å². The summed E-state index contributed by atoms with van der Waals surface area (Å²) in [6, 6.07) is 7.07. The van der Waals surface area contributed by atoms with Gasteiger partial charge in [-0.25, -0.2) is 9.48 Å². The van der Waals surface area contributed by atoms with E-state index in [1.807, 2.05) is 6.07 Å². The van der Waals surface area contributed by atoms with E-state index in [-0.39, 0.29) is 0 Å². The molecule has 2 N–H and O–H groups in total. The largest absolute Gasteiger partial charge is 0.479 e. The molecule has 3 rings (SSSR count). The minimum atomic E-state index is -1.19. The summed E-state index contributed by atoms with van der Waals surface area (Å²) in [5.41, 5.74) is -0.164. The van der Waals surface area contributed by atoms with E-state index >= 15 is 0 Å². The van der Waals surface area contributed by atoms with E-state index in [1.54, 1.807) is 24.4 Å². The van der Waals surface area contributed by atoms with Crippen LogP contribution in [0, 0.1) is 0 Å². The summed E-state index contributed by atoms with van der Waals surface area (Å²) in [7, 11) is 0. The molecule has 1 unspecified atom stereocenters. The molecule has 1 saturated heterocycles. The van der Waals surface area contributed by atoms with Crippen molar-refractivity contribution in [1.29, 1.82) is 0 Å². The van der Waals surface area contributed by atoms with E-state index in [4.69, 9.17) is 11.6 Å². The fourth-order valence-electron chi connectivity index (χ4n) is 2.38. The topological polar surface area (TPSA) is 84.2 Å². The first kappa shape index (κ1) is 15.9. The van der Waals surface area contributed by atoms with Crippen molar-refractivity contribution >= 4 is 35.2 Å². The zero-order chi connectivity index (χ0) is 16.4. The maximum Gasteiger partial charge on any atom is 0.330 e. The van der Waals surface area contributed by atoms with Gasteiger partial charge in [-0.05, 0) is 30.4 Å². The number of nitrogens with one attached hydrogen (secondary N) is 1. The van der Waals surface area contributed by atoms with Crippen molar-refractivity contribution in [3.8, 4) is 5.69 Å². The van der Waals surface area contributed by atoms with E-state index in [2.05, 4.69) is 10.4 Å². The van der Waals surface area contributed by atoms with Crippen molar-refractivity contribution in [2.24, 2.45) is 0 Å². The number of thioether (sulfide) groups is 1. The Morgan fingerprint density at radius 2 is 2.26 bits per heavy atom. The summed E-state index contributed by atoms with van der Waals surface area (Å²) in [5, 5.41) is 16.8. The molecule has 0 radical (unpaired) electrons. The van der Waals surface area contributed by atoms with Gasteiger partial charge in [-0.1, -0.05) is 17.7 Å². The van der Waals surface area contributed by atoms with Crippen molar-refractivity contribution < 1.29 is 14.7 Å². The average Bonchev–Trinajstić information content (AvgIpc) is 3.17. The molecule has 0 spiro atoms. The number of hydrogen-bond acceptors (Lipinski definition) is 4. The lowest BCUT2D eigenvalue weighted by atomic mass is 9.99. The number of carbonyl (C=O) groups is 2. The molecule has 2 heterocycles. The van der Waals surface area contributed by atoms with Crippen LogP contribution in [0.25, 0.3) is 5.69 Å². The average molecular weight is 352 g/mol. The third kappa shape index (κ3) is 3.20. The predicted molar refractivity (Wildman–Crippen MR) is 88.3 cm³/mol. The Labute approximate surface area is 141 Å². The van der Waals surface area contributed by atoms with Crippen molar-refractivity contribution in [1.82, 2.24) is 15.1 Å². The number of hydrogen-bond donors (Lipinski definition) is 2. The highest BCUT2D eigenvalue weighted by Gasteiger charge is 2.43. The van der Waals surface area contributed by atoms with Gasteiger partial charge in [-0.15, -0.1) is 0 Å². The van der Waals surface area contributed by atoms with Gasteiger partial charge in [0.2, 0.25) is 0 Å². The van der Waals surface area contributed by atoms with E-state index in [9.17, 15) is 14.7 Å². The van der Waals surface area contributed by atoms with E-state index in [0.29, 0.717) is 28.5 Å². The van der Waals surface area contributed by atoms with Crippen LogP contribution in [-0.2, 0) is 4.79 Å². The number of halogens is 1. The number of benzene rings is 1. The number of carboxylic acids is 1. The van der Waals surface area contributed by atoms with Gasteiger partial charge < -0.3 is 10.4 Å². The highest BCUT2D eigenvalue weighted by atomic mass is 35.5. The highest BCUT2D eigenvalue weighted by molar-refractivity contribution is 7.99. The molecule has 6 nitrogen and oxygen atoms in total. The monoisotopic (exact) mass is 351 g/mol. The Balaban J connectivity index is 1.80. The number of nitrogens with zero attached hydrogens (tertiary/aromatic N) is 2. The van der Waals surface area contributed by atoms with E-state index < -0.39 is 17.4 Å². The van der Waals surface area contributed by atoms with Crippen LogP contribution in [0.1, 0.15) is 16.8 Å². The van der Waals surface area contributed by atoms with Gasteiger partial charge in [-0.2, -0.15) is 16.9 Å². The molecule has 23 heavy (non-hydrogen) atoms. The molecule has 1 aromatic heterocycles. The van der Waals surface area contributed by atoms with Crippen LogP contribution < -0.4 is 5.32 Å². The molecular weight excluding hydrogens is 338 g/mol. The summed E-state index contributed by atoms with van der Waals surface area (Å²) in [6.45, 7) is 0. The first-order chi connectivity index (χ1) is 11.0. The fraction of sp³-hybridized carbons (Fsp3) is 0.267. The van der Waals surface area contributed by atoms with Crippen LogP contribution in [0.2, 0.25) is 5.02 Å². The number of aliphatic carboxylic acids is 1. The van der Waals surface area contributed by atoms with Gasteiger partial charge in [0.15, 0.2) is 0 Å². The zero-order valence-corrected chi connectivity index (χ0v) is 13.6. The summed E-state index contributed by atoms with van der Waals surface area (Å²) < 4.78 is 1.53. The fourth-order valence-corrected chi connectivity index (χ4v) is 3.89. The van der Waals surface area contributed by atoms with Gasteiger partial charge in [0, 0.05) is 17.0 Å². The highest BCUT2D eigenvalue weighted by Crippen LogP contribution is 2.28. The van der Waals surface area contributed by atoms with Crippen LogP contribution >= 0.6 is 23.4 Å². The standard InChI is InChI=1S/C15H14ClN3O3S/c16-11-2-1-3-12(6-11)19-8-10(7-17-19)13(20)18-15(14(21)22)4-5-23-9-15/h1-3,6-8H,4-5,9H2,(H,18,20)(H,21,22). The first-order valence-electron chi connectivity index (χ1n) is 6.94. The molecular formula is C15H14ClN3O3S. The van der Waals surface area contributed by atoms with Crippen LogP contribution in [0.15, 0.2) is 36.7 Å². The Kier molecular flexibility index (Phi) is 4.32. The minimum Gasteiger partial charge on any atom is -0.479 e. The molecule has 2 aromatic rings. The molecule has 1 fully saturated rings. The third-order valence-corrected chi connectivity index (χ3v) is 5.13. The quantitative estimate of drug-likeness (QED) is 0.882. The van der Waals surface area contributed by atoms with Crippen molar-refractivity contribution in [3.05, 3.63) is 47.2 Å². The van der Waals surface area contributed by atoms with Crippen LogP contribution in [0.3, 0.4) is 0 Å². The van der Waals surface area contributed by atoms with Crippen molar-refractivity contribution in [3.63, 3.8) is 0 Å². The maximum absolute atomic E-state index is 12.4. The van der Waals surface area contributed by atoms with E-state index in [0.717, 1.165) is 5.69 Å².